The Morgan fingerprint density at radius 1 is 1.13 bits per heavy atom. The lowest BCUT2D eigenvalue weighted by Gasteiger charge is -2.33. The first-order valence-electron chi connectivity index (χ1n) is 12.9. The number of hydrogen-bond donors (Lipinski definition) is 1. The van der Waals surface area contributed by atoms with Gasteiger partial charge in [-0.15, -0.1) is 0 Å². The third kappa shape index (κ3) is 5.03. The highest BCUT2D eigenvalue weighted by Gasteiger charge is 2.31. The van der Waals surface area contributed by atoms with Crippen LogP contribution in [0.4, 0.5) is 10.2 Å². The Morgan fingerprint density at radius 2 is 1.95 bits per heavy atom. The van der Waals surface area contributed by atoms with Gasteiger partial charge >= 0.3 is 0 Å². The summed E-state index contributed by atoms with van der Waals surface area (Å²) in [6.45, 7) is 8.52. The Morgan fingerprint density at radius 3 is 2.69 bits per heavy atom. The first-order chi connectivity index (χ1) is 19.0. The predicted octanol–water partition coefficient (Wildman–Crippen LogP) is 5.38. The summed E-state index contributed by atoms with van der Waals surface area (Å²) in [4.78, 5) is 27.1. The standard InChI is InChI=1S/C29H26FN7O2/c1-32-24(14-18-7-8-18)29(38)36-13-3-5-21(16-36)37-28-25(27(31)33-17-34-28)26(35-37)19-9-11-22(12-10-19)39-23-6-2-4-20(30)15-23/h2,4,6,9-12,14-15,17-18,21H,3,5,7-8,13,16H2,(H2,31,33,34)/b24-14-/t21-/m1/s1. The molecule has 3 heterocycles. The minimum Gasteiger partial charge on any atom is -0.457 e. The van der Waals surface area contributed by atoms with Gasteiger partial charge in [-0.3, -0.25) is 4.79 Å². The molecule has 2 aliphatic rings. The van der Waals surface area contributed by atoms with Crippen LogP contribution < -0.4 is 10.5 Å². The zero-order chi connectivity index (χ0) is 26.9. The van der Waals surface area contributed by atoms with E-state index in [1.165, 1.54) is 18.5 Å². The minimum atomic E-state index is -0.371. The molecular weight excluding hydrogens is 497 g/mol. The van der Waals surface area contributed by atoms with Gasteiger partial charge < -0.3 is 15.4 Å². The van der Waals surface area contributed by atoms with Crippen LogP contribution in [0.15, 0.2) is 66.6 Å². The summed E-state index contributed by atoms with van der Waals surface area (Å²) in [6.07, 6.45) is 6.90. The maximum atomic E-state index is 13.5. The number of piperidine rings is 1. The number of rotatable bonds is 6. The van der Waals surface area contributed by atoms with Crippen LogP contribution in [0.5, 0.6) is 11.5 Å². The fraction of sp³-hybridized carbons (Fsp3) is 0.276. The molecular formula is C29H26FN7O2. The van der Waals surface area contributed by atoms with Gasteiger partial charge in [0.05, 0.1) is 18.0 Å². The molecule has 1 aliphatic heterocycles. The number of benzene rings is 2. The van der Waals surface area contributed by atoms with Crippen molar-refractivity contribution in [3.05, 3.63) is 83.9 Å². The Labute approximate surface area is 224 Å². The highest BCUT2D eigenvalue weighted by atomic mass is 19.1. The SMILES string of the molecule is [C-]#[N+]/C(=C\C1CC1)C(=O)N1CCC[C@@H](n2nc(-c3ccc(Oc4cccc(F)c4)cc3)c3c(N)ncnc32)C1. The summed E-state index contributed by atoms with van der Waals surface area (Å²) in [5, 5.41) is 5.55. The van der Waals surface area contributed by atoms with Gasteiger partial charge in [0, 0.05) is 24.7 Å². The van der Waals surface area contributed by atoms with Crippen LogP contribution in [0.1, 0.15) is 31.7 Å². The summed E-state index contributed by atoms with van der Waals surface area (Å²) in [6, 6.07) is 13.1. The third-order valence-electron chi connectivity index (χ3n) is 7.06. The molecule has 1 atom stereocenters. The monoisotopic (exact) mass is 523 g/mol. The van der Waals surface area contributed by atoms with Crippen LogP contribution in [0.2, 0.25) is 0 Å². The molecule has 0 bridgehead atoms. The molecule has 4 aromatic rings. The van der Waals surface area contributed by atoms with Crippen molar-refractivity contribution in [3.8, 4) is 22.8 Å². The topological polar surface area (TPSA) is 104 Å². The number of amides is 1. The lowest BCUT2D eigenvalue weighted by Crippen LogP contribution is -2.41. The van der Waals surface area contributed by atoms with Gasteiger partial charge in [0.2, 0.25) is 5.70 Å². The van der Waals surface area contributed by atoms with Gasteiger partial charge in [-0.1, -0.05) is 12.1 Å². The minimum absolute atomic E-state index is 0.128. The molecule has 1 aliphatic carbocycles. The number of allylic oxidation sites excluding steroid dienone is 1. The average molecular weight is 524 g/mol. The van der Waals surface area contributed by atoms with Crippen molar-refractivity contribution in [3.63, 3.8) is 0 Å². The number of likely N-dealkylation sites (tertiary alicyclic amines) is 1. The van der Waals surface area contributed by atoms with E-state index in [2.05, 4.69) is 14.8 Å². The van der Waals surface area contributed by atoms with E-state index in [4.69, 9.17) is 22.1 Å². The largest absolute Gasteiger partial charge is 0.457 e. The lowest BCUT2D eigenvalue weighted by molar-refractivity contribution is -0.128. The van der Waals surface area contributed by atoms with E-state index in [1.54, 1.807) is 29.2 Å². The molecule has 9 nitrogen and oxygen atoms in total. The summed E-state index contributed by atoms with van der Waals surface area (Å²) >= 11 is 0. The molecule has 2 aromatic carbocycles. The third-order valence-corrected chi connectivity index (χ3v) is 7.06. The summed E-state index contributed by atoms with van der Waals surface area (Å²) in [5.41, 5.74) is 8.51. The molecule has 196 valence electrons. The number of aromatic nitrogens is 4. The zero-order valence-corrected chi connectivity index (χ0v) is 21.1. The highest BCUT2D eigenvalue weighted by Crippen LogP contribution is 2.36. The Kier molecular flexibility index (Phi) is 6.40. The van der Waals surface area contributed by atoms with Crippen molar-refractivity contribution in [1.82, 2.24) is 24.6 Å². The molecule has 0 radical (unpaired) electrons. The van der Waals surface area contributed by atoms with Gasteiger partial charge in [-0.25, -0.2) is 23.9 Å². The van der Waals surface area contributed by atoms with Crippen LogP contribution in [-0.2, 0) is 4.79 Å². The Balaban J connectivity index is 1.29. The first-order valence-corrected chi connectivity index (χ1v) is 12.9. The number of carbonyl (C=O) groups excluding carboxylic acids is 1. The lowest BCUT2D eigenvalue weighted by atomic mass is 10.1. The Hall–Kier alpha value is -4.78. The van der Waals surface area contributed by atoms with Gasteiger partial charge in [-0.05, 0) is 68.0 Å². The average Bonchev–Trinajstić information content (AvgIpc) is 3.69. The molecule has 39 heavy (non-hydrogen) atoms. The molecule has 1 saturated heterocycles. The van der Waals surface area contributed by atoms with Gasteiger partial charge in [0.1, 0.15) is 35.2 Å². The van der Waals surface area contributed by atoms with Crippen molar-refractivity contribution >= 4 is 22.8 Å². The van der Waals surface area contributed by atoms with Crippen LogP contribution in [-0.4, -0.2) is 43.6 Å². The van der Waals surface area contributed by atoms with Crippen molar-refractivity contribution in [2.75, 3.05) is 18.8 Å². The quantitative estimate of drug-likeness (QED) is 0.269. The second kappa shape index (κ2) is 10.2. The van der Waals surface area contributed by atoms with Crippen molar-refractivity contribution in [2.45, 2.75) is 31.7 Å². The summed E-state index contributed by atoms with van der Waals surface area (Å²) in [5.74, 6) is 1.02. The van der Waals surface area contributed by atoms with Crippen LogP contribution in [0, 0.1) is 18.3 Å². The van der Waals surface area contributed by atoms with E-state index in [-0.39, 0.29) is 23.5 Å². The number of nitrogens with two attached hydrogens (primary N) is 1. The van der Waals surface area contributed by atoms with Crippen LogP contribution >= 0.6 is 0 Å². The number of fused-ring (bicyclic) bond motifs is 1. The van der Waals surface area contributed by atoms with Gasteiger partial charge in [0.25, 0.3) is 5.91 Å². The summed E-state index contributed by atoms with van der Waals surface area (Å²) in [7, 11) is 0. The normalized spacial score (nSPS) is 17.7. The molecule has 0 unspecified atom stereocenters. The van der Waals surface area contributed by atoms with E-state index < -0.39 is 0 Å². The van der Waals surface area contributed by atoms with E-state index >= 15 is 0 Å². The molecule has 2 N–H and O–H groups in total. The molecule has 2 fully saturated rings. The molecule has 0 spiro atoms. The highest BCUT2D eigenvalue weighted by molar-refractivity contribution is 5.98. The van der Waals surface area contributed by atoms with Crippen molar-refractivity contribution in [1.29, 1.82) is 0 Å². The van der Waals surface area contributed by atoms with Gasteiger partial charge in [-0.2, -0.15) is 5.10 Å². The summed E-state index contributed by atoms with van der Waals surface area (Å²) < 4.78 is 21.1. The number of halogens is 1. The smallest absolute Gasteiger partial charge is 0.252 e. The Bertz CT molecular complexity index is 1620. The van der Waals surface area contributed by atoms with Crippen molar-refractivity contribution in [2.24, 2.45) is 5.92 Å². The zero-order valence-electron chi connectivity index (χ0n) is 21.1. The number of anilines is 1. The fourth-order valence-electron chi connectivity index (χ4n) is 4.94. The van der Waals surface area contributed by atoms with Gasteiger partial charge in [0.15, 0.2) is 5.65 Å². The second-order valence-electron chi connectivity index (χ2n) is 9.88. The first kappa shape index (κ1) is 24.6. The number of nitrogen functional groups attached to an aromatic ring is 1. The fourth-order valence-corrected chi connectivity index (χ4v) is 4.94. The molecule has 1 saturated carbocycles. The number of hydrogen-bond acceptors (Lipinski definition) is 6. The maximum absolute atomic E-state index is 13.5. The predicted molar refractivity (Wildman–Crippen MR) is 144 cm³/mol. The van der Waals surface area contributed by atoms with E-state index in [0.717, 1.165) is 31.2 Å². The van der Waals surface area contributed by atoms with Crippen LogP contribution in [0.25, 0.3) is 27.1 Å². The van der Waals surface area contributed by atoms with E-state index in [1.807, 2.05) is 22.9 Å². The molecule has 6 rings (SSSR count). The molecule has 10 heteroatoms. The number of carbonyl (C=O) groups is 1. The number of nitrogens with zero attached hydrogens (tertiary/aromatic N) is 6. The number of ether oxygens (including phenoxy) is 1. The van der Waals surface area contributed by atoms with E-state index in [0.29, 0.717) is 53.1 Å². The second-order valence-corrected chi connectivity index (χ2v) is 9.88. The molecule has 2 aromatic heterocycles. The maximum Gasteiger partial charge on any atom is 0.252 e. The van der Waals surface area contributed by atoms with Crippen molar-refractivity contribution < 1.29 is 13.9 Å². The molecule has 1 amide bonds. The van der Waals surface area contributed by atoms with E-state index in [9.17, 15) is 9.18 Å². The van der Waals surface area contributed by atoms with Crippen LogP contribution in [0.3, 0.4) is 0 Å².